The van der Waals surface area contributed by atoms with Gasteiger partial charge in [-0.2, -0.15) is 0 Å². The molecule has 0 fully saturated rings. The minimum atomic E-state index is -0.378. The van der Waals surface area contributed by atoms with Gasteiger partial charge in [0.25, 0.3) is 5.91 Å². The lowest BCUT2D eigenvalue weighted by Gasteiger charge is -2.08. The molecular formula is C20H13Cl2N3O2. The van der Waals surface area contributed by atoms with Crippen LogP contribution in [0.5, 0.6) is 0 Å². The molecule has 2 aromatic heterocycles. The number of benzene rings is 2. The van der Waals surface area contributed by atoms with Crippen LogP contribution < -0.4 is 5.32 Å². The first-order valence-corrected chi connectivity index (χ1v) is 8.87. The zero-order chi connectivity index (χ0) is 19.0. The van der Waals surface area contributed by atoms with E-state index in [1.807, 2.05) is 30.3 Å². The highest BCUT2D eigenvalue weighted by atomic mass is 35.5. The van der Waals surface area contributed by atoms with Crippen LogP contribution in [0.2, 0.25) is 10.0 Å². The number of nitrogens with zero attached hydrogens (tertiary/aromatic N) is 2. The van der Waals surface area contributed by atoms with Crippen LogP contribution in [0.1, 0.15) is 16.1 Å². The molecule has 0 spiro atoms. The predicted octanol–water partition coefficient (Wildman–Crippen LogP) is 5.76. The number of hydrogen-bond acceptors (Lipinski definition) is 4. The summed E-state index contributed by atoms with van der Waals surface area (Å²) in [5.74, 6) is -0.0101. The number of aryl methyl sites for hydroxylation is 1. The fourth-order valence-corrected chi connectivity index (χ4v) is 3.44. The molecule has 7 heteroatoms. The molecule has 4 rings (SSSR count). The Balaban J connectivity index is 1.73. The van der Waals surface area contributed by atoms with Crippen LogP contribution in [0.4, 0.5) is 5.69 Å². The van der Waals surface area contributed by atoms with Crippen LogP contribution in [0.25, 0.3) is 22.2 Å². The van der Waals surface area contributed by atoms with Crippen molar-refractivity contribution in [2.75, 3.05) is 5.32 Å². The Bertz CT molecular complexity index is 1150. The number of aromatic nitrogens is 2. The zero-order valence-electron chi connectivity index (χ0n) is 14.2. The number of carbonyl (C=O) groups is 1. The number of rotatable bonds is 3. The monoisotopic (exact) mass is 397 g/mol. The summed E-state index contributed by atoms with van der Waals surface area (Å²) in [4.78, 5) is 17.3. The third kappa shape index (κ3) is 3.27. The van der Waals surface area contributed by atoms with Crippen LogP contribution in [0.3, 0.4) is 0 Å². The average molecular weight is 398 g/mol. The van der Waals surface area contributed by atoms with Crippen molar-refractivity contribution in [3.05, 3.63) is 76.1 Å². The Hall–Kier alpha value is -2.89. The Morgan fingerprint density at radius 1 is 1.07 bits per heavy atom. The fourth-order valence-electron chi connectivity index (χ4n) is 2.87. The highest BCUT2D eigenvalue weighted by Crippen LogP contribution is 2.37. The van der Waals surface area contributed by atoms with Crippen molar-refractivity contribution >= 4 is 45.7 Å². The maximum absolute atomic E-state index is 12.9. The van der Waals surface area contributed by atoms with E-state index in [1.54, 1.807) is 31.3 Å². The molecule has 2 aromatic carbocycles. The van der Waals surface area contributed by atoms with Crippen LogP contribution in [-0.4, -0.2) is 16.0 Å². The van der Waals surface area contributed by atoms with Crippen molar-refractivity contribution in [2.24, 2.45) is 0 Å². The summed E-state index contributed by atoms with van der Waals surface area (Å²) < 4.78 is 5.25. The van der Waals surface area contributed by atoms with Crippen LogP contribution >= 0.6 is 23.2 Å². The molecule has 0 saturated heterocycles. The summed E-state index contributed by atoms with van der Waals surface area (Å²) >= 11 is 12.5. The molecule has 27 heavy (non-hydrogen) atoms. The number of pyridine rings is 1. The molecule has 1 amide bonds. The van der Waals surface area contributed by atoms with Gasteiger partial charge in [0.05, 0.1) is 27.4 Å². The van der Waals surface area contributed by atoms with Crippen molar-refractivity contribution in [3.63, 3.8) is 0 Å². The van der Waals surface area contributed by atoms with Gasteiger partial charge in [0.1, 0.15) is 17.0 Å². The summed E-state index contributed by atoms with van der Waals surface area (Å²) in [5.41, 5.74) is 2.45. The molecule has 0 saturated carbocycles. The van der Waals surface area contributed by atoms with Crippen molar-refractivity contribution in [3.8, 4) is 11.3 Å². The van der Waals surface area contributed by atoms with Gasteiger partial charge in [0.15, 0.2) is 0 Å². The summed E-state index contributed by atoms with van der Waals surface area (Å²) in [6.07, 6.45) is 1.60. The lowest BCUT2D eigenvalue weighted by molar-refractivity contribution is 0.102. The van der Waals surface area contributed by atoms with Crippen LogP contribution in [0, 0.1) is 6.92 Å². The first-order valence-electron chi connectivity index (χ1n) is 8.11. The number of halogens is 2. The molecule has 134 valence electrons. The Morgan fingerprint density at radius 2 is 1.81 bits per heavy atom. The quantitative estimate of drug-likeness (QED) is 0.477. The molecule has 0 aliphatic rings. The second-order valence-electron chi connectivity index (χ2n) is 5.93. The summed E-state index contributed by atoms with van der Waals surface area (Å²) in [6.45, 7) is 1.66. The highest BCUT2D eigenvalue weighted by molar-refractivity contribution is 6.39. The first kappa shape index (κ1) is 17.5. The Labute approximate surface area is 164 Å². The third-order valence-corrected chi connectivity index (χ3v) is 4.77. The van der Waals surface area contributed by atoms with Crippen LogP contribution in [0.15, 0.2) is 59.3 Å². The average Bonchev–Trinajstić information content (AvgIpc) is 3.03. The number of fused-ring (bicyclic) bond motifs is 1. The van der Waals surface area contributed by atoms with Gasteiger partial charge in [-0.1, -0.05) is 52.6 Å². The van der Waals surface area contributed by atoms with E-state index in [2.05, 4.69) is 15.5 Å². The summed E-state index contributed by atoms with van der Waals surface area (Å²) in [7, 11) is 0. The van der Waals surface area contributed by atoms with E-state index < -0.39 is 0 Å². The van der Waals surface area contributed by atoms with Gasteiger partial charge in [-0.15, -0.1) is 0 Å². The van der Waals surface area contributed by atoms with Gasteiger partial charge in [-0.25, -0.2) is 0 Å². The molecule has 0 atom stereocenters. The molecule has 0 aliphatic carbocycles. The van der Waals surface area contributed by atoms with E-state index in [-0.39, 0.29) is 11.5 Å². The molecule has 0 aliphatic heterocycles. The molecule has 0 bridgehead atoms. The van der Waals surface area contributed by atoms with Crippen molar-refractivity contribution in [1.82, 2.24) is 10.1 Å². The summed E-state index contributed by atoms with van der Waals surface area (Å²) in [6, 6.07) is 14.6. The Morgan fingerprint density at radius 3 is 2.59 bits per heavy atom. The van der Waals surface area contributed by atoms with E-state index in [1.165, 1.54) is 0 Å². The summed E-state index contributed by atoms with van der Waals surface area (Å²) in [5, 5.41) is 8.53. The normalized spacial score (nSPS) is 10.9. The van der Waals surface area contributed by atoms with Gasteiger partial charge in [0.2, 0.25) is 0 Å². The van der Waals surface area contributed by atoms with E-state index in [9.17, 15) is 4.79 Å². The minimum absolute atomic E-state index is 0.276. The van der Waals surface area contributed by atoms with E-state index >= 15 is 0 Å². The number of para-hydroxylation sites is 1. The van der Waals surface area contributed by atoms with Crippen molar-refractivity contribution in [2.45, 2.75) is 6.92 Å². The van der Waals surface area contributed by atoms with Gasteiger partial charge >= 0.3 is 0 Å². The number of hydrogen-bond donors (Lipinski definition) is 1. The zero-order valence-corrected chi connectivity index (χ0v) is 15.7. The smallest absolute Gasteiger partial charge is 0.261 e. The molecule has 2 heterocycles. The van der Waals surface area contributed by atoms with Crippen molar-refractivity contribution < 1.29 is 9.32 Å². The molecule has 5 nitrogen and oxygen atoms in total. The second kappa shape index (κ2) is 7.02. The minimum Gasteiger partial charge on any atom is -0.360 e. The van der Waals surface area contributed by atoms with E-state index in [0.717, 1.165) is 10.9 Å². The highest BCUT2D eigenvalue weighted by Gasteiger charge is 2.25. The third-order valence-electron chi connectivity index (χ3n) is 4.14. The molecule has 1 N–H and O–H groups in total. The standard InChI is InChI=1S/C20H13Cl2N3O2/c1-11-17(19(25-27-11)18-14(21)6-4-7-15(18)22)20(26)24-13-9-12-5-2-3-8-16(12)23-10-13/h2-10H,1H3,(H,24,26). The topological polar surface area (TPSA) is 68.0 Å². The Kier molecular flexibility index (Phi) is 4.56. The SMILES string of the molecule is Cc1onc(-c2c(Cl)cccc2Cl)c1C(=O)Nc1cnc2ccccc2c1. The number of nitrogens with one attached hydrogen (secondary N) is 1. The first-order chi connectivity index (χ1) is 13.0. The second-order valence-corrected chi connectivity index (χ2v) is 6.74. The van der Waals surface area contributed by atoms with Gasteiger partial charge in [0, 0.05) is 10.9 Å². The number of amides is 1. The van der Waals surface area contributed by atoms with E-state index in [4.69, 9.17) is 27.7 Å². The predicted molar refractivity (Wildman–Crippen MR) is 106 cm³/mol. The molecule has 4 aromatic rings. The van der Waals surface area contributed by atoms with Gasteiger partial charge < -0.3 is 9.84 Å². The number of anilines is 1. The fraction of sp³-hybridized carbons (Fsp3) is 0.0500. The number of carbonyl (C=O) groups excluding carboxylic acids is 1. The molecular weight excluding hydrogens is 385 g/mol. The van der Waals surface area contributed by atoms with Gasteiger partial charge in [-0.05, 0) is 31.2 Å². The van der Waals surface area contributed by atoms with E-state index in [0.29, 0.717) is 32.8 Å². The molecule has 0 radical (unpaired) electrons. The maximum atomic E-state index is 12.9. The lowest BCUT2D eigenvalue weighted by Crippen LogP contribution is -2.13. The van der Waals surface area contributed by atoms with Crippen molar-refractivity contribution in [1.29, 1.82) is 0 Å². The maximum Gasteiger partial charge on any atom is 0.261 e. The largest absolute Gasteiger partial charge is 0.360 e. The molecule has 0 unspecified atom stereocenters. The van der Waals surface area contributed by atoms with Gasteiger partial charge in [-0.3, -0.25) is 9.78 Å². The van der Waals surface area contributed by atoms with Crippen LogP contribution in [-0.2, 0) is 0 Å². The lowest BCUT2D eigenvalue weighted by atomic mass is 10.1.